The van der Waals surface area contributed by atoms with Crippen molar-refractivity contribution in [3.63, 3.8) is 0 Å². The Kier molecular flexibility index (Phi) is 8.06. The molecule has 0 aliphatic carbocycles. The Morgan fingerprint density at radius 2 is 1.95 bits per heavy atom. The maximum atomic E-state index is 12.6. The lowest BCUT2D eigenvalue weighted by molar-refractivity contribution is -0.142. The number of anilines is 2. The van der Waals surface area contributed by atoms with E-state index in [0.29, 0.717) is 0 Å². The number of imide groups is 1. The van der Waals surface area contributed by atoms with Crippen molar-refractivity contribution < 1.29 is 19.2 Å². The molecule has 1 aromatic heterocycles. The third-order valence-corrected chi connectivity index (χ3v) is 9.23. The van der Waals surface area contributed by atoms with Crippen LogP contribution in [0.5, 0.6) is 0 Å². The number of rotatable bonds is 7. The van der Waals surface area contributed by atoms with Crippen LogP contribution in [0.4, 0.5) is 16.4 Å². The lowest BCUT2D eigenvalue weighted by Crippen LogP contribution is -2.47. The fourth-order valence-electron chi connectivity index (χ4n) is 4.78. The van der Waals surface area contributed by atoms with Crippen LogP contribution in [-0.2, 0) is 25.7 Å². The number of ketones is 1. The van der Waals surface area contributed by atoms with E-state index in [-0.39, 0.29) is 37.0 Å². The van der Waals surface area contributed by atoms with Gasteiger partial charge in [0.15, 0.2) is 0 Å². The molecule has 2 N–H and O–H groups in total. The first kappa shape index (κ1) is 27.4. The largest absolute Gasteiger partial charge is 0.353 e. The normalized spacial score (nSPS) is 19.3. The number of piperazine rings is 1. The molecule has 206 valence electrons. The van der Waals surface area contributed by atoms with Gasteiger partial charge < -0.3 is 20.4 Å². The average molecular weight is 569 g/mol. The van der Waals surface area contributed by atoms with Crippen LogP contribution in [-0.4, -0.2) is 94.8 Å². The first-order valence-corrected chi connectivity index (χ1v) is 14.8. The topological polar surface area (TPSA) is 114 Å². The molecule has 0 bridgehead atoms. The molecule has 1 atom stereocenters. The van der Waals surface area contributed by atoms with Crippen LogP contribution in [0, 0.1) is 6.92 Å². The third kappa shape index (κ3) is 6.18. The van der Waals surface area contributed by atoms with Crippen LogP contribution in [0.25, 0.3) is 0 Å². The molecule has 10 nitrogen and oxygen atoms in total. The molecule has 2 fully saturated rings. The van der Waals surface area contributed by atoms with Gasteiger partial charge in [0.1, 0.15) is 23.2 Å². The molecule has 0 spiro atoms. The molecule has 2 aromatic rings. The number of aliphatic imine (C=N–C) groups is 1. The number of hydrogen-bond acceptors (Lipinski definition) is 10. The molecular formula is C27H32N6O4S2. The first-order chi connectivity index (χ1) is 18.7. The van der Waals surface area contributed by atoms with Crippen molar-refractivity contribution in [1.29, 1.82) is 0 Å². The summed E-state index contributed by atoms with van der Waals surface area (Å²) >= 11 is 2.86. The first-order valence-electron chi connectivity index (χ1n) is 12.9. The number of carbonyl (C=O) groups excluding carboxylic acids is 4. The number of benzene rings is 1. The van der Waals surface area contributed by atoms with Gasteiger partial charge >= 0.3 is 0 Å². The molecule has 5 rings (SSSR count). The number of hydrogen-bond donors (Lipinski definition) is 2. The monoisotopic (exact) mass is 568 g/mol. The van der Waals surface area contributed by atoms with E-state index < -0.39 is 17.1 Å². The van der Waals surface area contributed by atoms with Crippen LogP contribution < -0.4 is 10.6 Å². The molecule has 39 heavy (non-hydrogen) atoms. The number of aryl methyl sites for hydroxylation is 1. The predicted molar refractivity (Wildman–Crippen MR) is 154 cm³/mol. The predicted octanol–water partition coefficient (Wildman–Crippen LogP) is 2.51. The Morgan fingerprint density at radius 3 is 2.69 bits per heavy atom. The lowest BCUT2D eigenvalue weighted by Gasteiger charge is -2.34. The average Bonchev–Trinajstić information content (AvgIpc) is 3.34. The van der Waals surface area contributed by atoms with E-state index in [1.165, 1.54) is 11.8 Å². The Labute approximate surface area is 235 Å². The molecular weight excluding hydrogens is 536 g/mol. The number of Topliss-reactive ketones (excluding diaryl/α,β-unsaturated/α-hetero) is 1. The van der Waals surface area contributed by atoms with Gasteiger partial charge in [0.2, 0.25) is 17.7 Å². The number of amides is 3. The maximum Gasteiger partial charge on any atom is 0.243 e. The van der Waals surface area contributed by atoms with Crippen LogP contribution in [0.2, 0.25) is 0 Å². The van der Waals surface area contributed by atoms with Crippen molar-refractivity contribution in [3.05, 3.63) is 40.3 Å². The Balaban J connectivity index is 1.27. The summed E-state index contributed by atoms with van der Waals surface area (Å²) < 4.78 is 0. The van der Waals surface area contributed by atoms with Crippen LogP contribution in [0.15, 0.2) is 29.3 Å². The summed E-state index contributed by atoms with van der Waals surface area (Å²) in [5.74, 6) is -0.146. The fraction of sp³-hybridized carbons (Fsp3) is 0.444. The molecule has 4 heterocycles. The van der Waals surface area contributed by atoms with Crippen molar-refractivity contribution >= 4 is 68.8 Å². The summed E-state index contributed by atoms with van der Waals surface area (Å²) in [6, 6.07) is 8.05. The fourth-order valence-corrected chi connectivity index (χ4v) is 6.67. The summed E-state index contributed by atoms with van der Waals surface area (Å²) in [6.07, 6.45) is 0.0144. The number of amidine groups is 1. The Bertz CT molecular complexity index is 1350. The number of nitrogens with zero attached hydrogens (tertiary/aromatic N) is 4. The van der Waals surface area contributed by atoms with Crippen molar-refractivity contribution in [2.24, 2.45) is 4.99 Å². The number of carbonyl (C=O) groups is 4. The van der Waals surface area contributed by atoms with E-state index in [0.717, 1.165) is 76.2 Å². The Hall–Kier alpha value is -3.22. The minimum absolute atomic E-state index is 0.0144. The lowest BCUT2D eigenvalue weighted by atomic mass is 10.1. The van der Waals surface area contributed by atoms with Gasteiger partial charge in [-0.2, -0.15) is 0 Å². The van der Waals surface area contributed by atoms with E-state index in [9.17, 15) is 19.2 Å². The van der Waals surface area contributed by atoms with Crippen LogP contribution in [0.1, 0.15) is 29.3 Å². The zero-order valence-electron chi connectivity index (χ0n) is 22.3. The van der Waals surface area contributed by atoms with Gasteiger partial charge in [0.05, 0.1) is 27.9 Å². The van der Waals surface area contributed by atoms with E-state index in [2.05, 4.69) is 40.5 Å². The summed E-state index contributed by atoms with van der Waals surface area (Å²) in [5, 5.41) is 6.84. The van der Waals surface area contributed by atoms with Crippen molar-refractivity contribution in [2.75, 3.05) is 50.8 Å². The number of likely N-dealkylation sites (N-methyl/N-ethyl adjacent to an activating group) is 1. The highest BCUT2D eigenvalue weighted by atomic mass is 32.2. The van der Waals surface area contributed by atoms with Gasteiger partial charge in [-0.15, -0.1) is 23.1 Å². The summed E-state index contributed by atoms with van der Waals surface area (Å²) in [5.41, 5.74) is 3.67. The standard InChI is InChI=1S/C27H32N6O4S2/c1-16(34)15-38-22-12-24(36)33(27(22)37)14-23(35)28-13-18-4-5-20-21(11-18)29-25(32-8-6-31(3)7-9-32)19-10-17(2)39-26(19)30-20/h4-5,10-11,22,30H,6-9,12-15H2,1-3H3,(H,28,35). The number of thioether (sulfide) groups is 1. The SMILES string of the molecule is CC(=O)CSC1CC(=O)N(CC(=O)NCc2ccc3c(c2)N=C(N2CCN(C)CC2)c2cc(C)sc2N3)C1=O. The highest BCUT2D eigenvalue weighted by Gasteiger charge is 2.39. The molecule has 3 aliphatic rings. The molecule has 12 heteroatoms. The second-order valence-electron chi connectivity index (χ2n) is 10.1. The summed E-state index contributed by atoms with van der Waals surface area (Å²) in [7, 11) is 2.13. The van der Waals surface area contributed by atoms with E-state index >= 15 is 0 Å². The molecule has 2 saturated heterocycles. The van der Waals surface area contributed by atoms with Crippen LogP contribution >= 0.6 is 23.1 Å². The summed E-state index contributed by atoms with van der Waals surface area (Å²) in [4.78, 5) is 60.7. The second kappa shape index (κ2) is 11.5. The highest BCUT2D eigenvalue weighted by molar-refractivity contribution is 8.01. The number of likely N-dealkylation sites (tertiary alicyclic amines) is 1. The van der Waals surface area contributed by atoms with Gasteiger partial charge in [0, 0.05) is 44.0 Å². The highest BCUT2D eigenvalue weighted by Crippen LogP contribution is 2.39. The zero-order chi connectivity index (χ0) is 27.7. The van der Waals surface area contributed by atoms with Crippen molar-refractivity contribution in [2.45, 2.75) is 32.1 Å². The number of thiophene rings is 1. The van der Waals surface area contributed by atoms with E-state index in [1.54, 1.807) is 11.3 Å². The number of nitrogens with one attached hydrogen (secondary N) is 2. The maximum absolute atomic E-state index is 12.6. The minimum atomic E-state index is -0.606. The smallest absolute Gasteiger partial charge is 0.243 e. The molecule has 0 radical (unpaired) electrons. The molecule has 3 aliphatic heterocycles. The van der Waals surface area contributed by atoms with Gasteiger partial charge in [-0.25, -0.2) is 4.99 Å². The zero-order valence-corrected chi connectivity index (χ0v) is 23.9. The molecule has 3 amide bonds. The van der Waals surface area contributed by atoms with E-state index in [1.807, 2.05) is 18.2 Å². The minimum Gasteiger partial charge on any atom is -0.353 e. The van der Waals surface area contributed by atoms with Gasteiger partial charge in [-0.05, 0) is 44.7 Å². The van der Waals surface area contributed by atoms with E-state index in [4.69, 9.17) is 4.99 Å². The van der Waals surface area contributed by atoms with Crippen molar-refractivity contribution in [3.8, 4) is 0 Å². The quantitative estimate of drug-likeness (QED) is 0.490. The van der Waals surface area contributed by atoms with Gasteiger partial charge in [0.25, 0.3) is 0 Å². The summed E-state index contributed by atoms with van der Waals surface area (Å²) in [6.45, 7) is 7.20. The van der Waals surface area contributed by atoms with Gasteiger partial charge in [-0.1, -0.05) is 6.07 Å². The molecule has 0 saturated carbocycles. The number of fused-ring (bicyclic) bond motifs is 2. The molecule has 1 unspecified atom stereocenters. The Morgan fingerprint density at radius 1 is 1.18 bits per heavy atom. The second-order valence-corrected chi connectivity index (χ2v) is 12.6. The molecule has 1 aromatic carbocycles. The third-order valence-electron chi connectivity index (χ3n) is 6.92. The van der Waals surface area contributed by atoms with Crippen molar-refractivity contribution in [1.82, 2.24) is 20.0 Å². The van der Waals surface area contributed by atoms with Gasteiger partial charge in [-0.3, -0.25) is 24.1 Å². The van der Waals surface area contributed by atoms with Crippen LogP contribution in [0.3, 0.4) is 0 Å².